The van der Waals surface area contributed by atoms with Gasteiger partial charge in [-0.25, -0.2) is 0 Å². The third-order valence-electron chi connectivity index (χ3n) is 4.99. The summed E-state index contributed by atoms with van der Waals surface area (Å²) in [5.41, 5.74) is 6.50. The predicted molar refractivity (Wildman–Crippen MR) is 116 cm³/mol. The average molecular weight is 437 g/mol. The normalized spacial score (nSPS) is 15.3. The van der Waals surface area contributed by atoms with E-state index in [1.807, 2.05) is 19.0 Å². The van der Waals surface area contributed by atoms with Crippen LogP contribution in [-0.4, -0.2) is 60.2 Å². The minimum atomic E-state index is -0.0999. The molecule has 0 aromatic carbocycles. The van der Waals surface area contributed by atoms with Crippen molar-refractivity contribution in [1.29, 1.82) is 0 Å². The minimum Gasteiger partial charge on any atom is -0.353 e. The molecule has 0 bridgehead atoms. The maximum atomic E-state index is 12.4. The molecule has 4 N–H and O–H groups in total. The summed E-state index contributed by atoms with van der Waals surface area (Å²) < 4.78 is 1.53. The van der Waals surface area contributed by atoms with Gasteiger partial charge in [-0.2, -0.15) is 5.10 Å². The summed E-state index contributed by atoms with van der Waals surface area (Å²) in [6, 6.07) is 0. The smallest absolute Gasteiger partial charge is 0.241 e. The van der Waals surface area contributed by atoms with Gasteiger partial charge in [0.1, 0.15) is 6.54 Å². The van der Waals surface area contributed by atoms with Gasteiger partial charge < -0.3 is 21.3 Å². The molecule has 1 fully saturated rings. The van der Waals surface area contributed by atoms with E-state index in [4.69, 9.17) is 5.73 Å². The lowest BCUT2D eigenvalue weighted by molar-refractivity contribution is -0.122. The molecule has 1 aliphatic rings. The van der Waals surface area contributed by atoms with Gasteiger partial charge in [0.2, 0.25) is 11.8 Å². The maximum absolute atomic E-state index is 12.4. The number of aromatic nitrogens is 2. The molecule has 1 aromatic heterocycles. The number of likely N-dealkylation sites (N-methyl/N-ethyl adjacent to an activating group) is 1. The van der Waals surface area contributed by atoms with Gasteiger partial charge in [0.25, 0.3) is 0 Å². The van der Waals surface area contributed by atoms with Crippen molar-refractivity contribution in [3.05, 3.63) is 12.4 Å². The van der Waals surface area contributed by atoms with Crippen LogP contribution in [0.4, 0.5) is 5.69 Å². The van der Waals surface area contributed by atoms with E-state index >= 15 is 0 Å². The summed E-state index contributed by atoms with van der Waals surface area (Å²) in [6.07, 6.45) is 9.25. The summed E-state index contributed by atoms with van der Waals surface area (Å²) in [5.74, 6) is -0.135. The lowest BCUT2D eigenvalue weighted by Gasteiger charge is -2.35. The molecular formula is C18H34Cl2N6O2. The van der Waals surface area contributed by atoms with E-state index in [1.54, 1.807) is 12.4 Å². The fraction of sp³-hybridized carbons (Fsp3) is 0.722. The van der Waals surface area contributed by atoms with Crippen LogP contribution in [0, 0.1) is 5.41 Å². The van der Waals surface area contributed by atoms with Crippen LogP contribution >= 0.6 is 24.8 Å². The van der Waals surface area contributed by atoms with Crippen molar-refractivity contribution in [3.63, 3.8) is 0 Å². The first-order valence-corrected chi connectivity index (χ1v) is 9.36. The Bertz CT molecular complexity index is 603. The molecule has 1 heterocycles. The molecule has 0 radical (unpaired) electrons. The Morgan fingerprint density at radius 2 is 1.89 bits per heavy atom. The number of anilines is 1. The molecular weight excluding hydrogens is 403 g/mol. The van der Waals surface area contributed by atoms with Crippen LogP contribution < -0.4 is 16.4 Å². The van der Waals surface area contributed by atoms with Crippen LogP contribution in [0.1, 0.15) is 38.5 Å². The highest BCUT2D eigenvalue weighted by atomic mass is 35.5. The Morgan fingerprint density at radius 3 is 2.50 bits per heavy atom. The zero-order valence-electron chi connectivity index (χ0n) is 16.8. The molecule has 2 amide bonds. The van der Waals surface area contributed by atoms with E-state index in [-0.39, 0.29) is 48.6 Å². The zero-order chi connectivity index (χ0) is 19.0. The summed E-state index contributed by atoms with van der Waals surface area (Å²) in [4.78, 5) is 26.3. The molecule has 28 heavy (non-hydrogen) atoms. The second kappa shape index (κ2) is 13.0. The van der Waals surface area contributed by atoms with Gasteiger partial charge in [0.05, 0.1) is 11.9 Å². The van der Waals surface area contributed by atoms with E-state index in [1.165, 1.54) is 11.1 Å². The number of nitrogens with one attached hydrogen (secondary N) is 2. The molecule has 8 nitrogen and oxygen atoms in total. The first-order valence-electron chi connectivity index (χ1n) is 9.36. The Balaban J connectivity index is 0.00000364. The number of nitrogens with two attached hydrogens (primary N) is 1. The highest BCUT2D eigenvalue weighted by Gasteiger charge is 2.33. The summed E-state index contributed by atoms with van der Waals surface area (Å²) in [5, 5.41) is 9.86. The van der Waals surface area contributed by atoms with Crippen molar-refractivity contribution in [2.75, 3.05) is 39.0 Å². The van der Waals surface area contributed by atoms with Gasteiger partial charge in [-0.3, -0.25) is 14.3 Å². The van der Waals surface area contributed by atoms with Crippen molar-refractivity contribution in [3.8, 4) is 0 Å². The number of halogens is 2. The van der Waals surface area contributed by atoms with Crippen LogP contribution in [0.15, 0.2) is 12.4 Å². The van der Waals surface area contributed by atoms with Crippen LogP contribution in [-0.2, 0) is 16.1 Å². The van der Waals surface area contributed by atoms with E-state index in [9.17, 15) is 9.59 Å². The van der Waals surface area contributed by atoms with Crippen molar-refractivity contribution < 1.29 is 9.59 Å². The van der Waals surface area contributed by atoms with Gasteiger partial charge in [0, 0.05) is 25.7 Å². The van der Waals surface area contributed by atoms with Gasteiger partial charge in [-0.15, -0.1) is 24.8 Å². The molecule has 2 rings (SSSR count). The fourth-order valence-corrected chi connectivity index (χ4v) is 3.44. The molecule has 1 saturated carbocycles. The molecule has 0 saturated heterocycles. The fourth-order valence-electron chi connectivity index (χ4n) is 3.44. The summed E-state index contributed by atoms with van der Waals surface area (Å²) >= 11 is 0. The number of hydrogen-bond donors (Lipinski definition) is 3. The quantitative estimate of drug-likeness (QED) is 0.545. The van der Waals surface area contributed by atoms with Crippen LogP contribution in [0.2, 0.25) is 0 Å². The van der Waals surface area contributed by atoms with Crippen LogP contribution in [0.5, 0.6) is 0 Å². The molecule has 162 valence electrons. The number of nitrogens with zero attached hydrogens (tertiary/aromatic N) is 3. The van der Waals surface area contributed by atoms with Gasteiger partial charge in [0.15, 0.2) is 0 Å². The largest absolute Gasteiger partial charge is 0.353 e. The van der Waals surface area contributed by atoms with Crippen molar-refractivity contribution >= 4 is 42.3 Å². The second-order valence-electron chi connectivity index (χ2n) is 7.57. The van der Waals surface area contributed by atoms with Crippen molar-refractivity contribution in [1.82, 2.24) is 20.0 Å². The number of carbonyl (C=O) groups is 2. The summed E-state index contributed by atoms with van der Waals surface area (Å²) in [6.45, 7) is 2.07. The molecule has 0 aliphatic heterocycles. The van der Waals surface area contributed by atoms with Gasteiger partial charge in [-0.05, 0) is 38.9 Å². The van der Waals surface area contributed by atoms with E-state index in [2.05, 4.69) is 15.7 Å². The van der Waals surface area contributed by atoms with E-state index < -0.39 is 0 Å². The third kappa shape index (κ3) is 8.77. The van der Waals surface area contributed by atoms with E-state index in [0.29, 0.717) is 25.2 Å². The molecule has 10 heteroatoms. The Kier molecular flexibility index (Phi) is 12.4. The number of rotatable bonds is 9. The number of carbonyl (C=O) groups excluding carboxylic acids is 2. The minimum absolute atomic E-state index is 0. The monoisotopic (exact) mass is 436 g/mol. The predicted octanol–water partition coefficient (Wildman–Crippen LogP) is 1.64. The lowest BCUT2D eigenvalue weighted by Crippen LogP contribution is -2.36. The topological polar surface area (TPSA) is 105 Å². The lowest BCUT2D eigenvalue weighted by atomic mass is 9.71. The molecule has 0 atom stereocenters. The first kappa shape index (κ1) is 26.6. The maximum Gasteiger partial charge on any atom is 0.241 e. The standard InChI is InChI=1S/C18H32N6O2.2ClH/c1-23(2)9-8-20-17(26)13-24-12-15(11-21-24)22-16(25)10-18(14-19)6-4-3-5-7-18;;/h11-12H,3-10,13-14,19H2,1-2H3,(H,20,26)(H,22,25);2*1H. The summed E-state index contributed by atoms with van der Waals surface area (Å²) in [7, 11) is 3.91. The molecule has 0 unspecified atom stereocenters. The highest BCUT2D eigenvalue weighted by Crippen LogP contribution is 2.38. The van der Waals surface area contributed by atoms with E-state index in [0.717, 1.165) is 32.2 Å². The number of amides is 2. The third-order valence-corrected chi connectivity index (χ3v) is 4.99. The van der Waals surface area contributed by atoms with Gasteiger partial charge in [-0.1, -0.05) is 19.3 Å². The first-order chi connectivity index (χ1) is 12.4. The Hall–Kier alpha value is -1.35. The number of hydrogen-bond acceptors (Lipinski definition) is 5. The molecule has 1 aliphatic carbocycles. The van der Waals surface area contributed by atoms with Crippen molar-refractivity contribution in [2.45, 2.75) is 45.1 Å². The van der Waals surface area contributed by atoms with Crippen LogP contribution in [0.25, 0.3) is 0 Å². The van der Waals surface area contributed by atoms with Gasteiger partial charge >= 0.3 is 0 Å². The second-order valence-corrected chi connectivity index (χ2v) is 7.57. The van der Waals surface area contributed by atoms with Crippen molar-refractivity contribution in [2.24, 2.45) is 11.1 Å². The molecule has 1 aromatic rings. The zero-order valence-corrected chi connectivity index (χ0v) is 18.4. The Labute approximate surface area is 179 Å². The Morgan fingerprint density at radius 1 is 1.21 bits per heavy atom. The molecule has 0 spiro atoms. The highest BCUT2D eigenvalue weighted by molar-refractivity contribution is 5.91. The SMILES string of the molecule is CN(C)CCNC(=O)Cn1cc(NC(=O)CC2(CN)CCCCC2)cn1.Cl.Cl. The average Bonchev–Trinajstić information content (AvgIpc) is 3.01. The van der Waals surface area contributed by atoms with Crippen LogP contribution in [0.3, 0.4) is 0 Å².